The minimum atomic E-state index is 0.770. The Kier molecular flexibility index (Phi) is 4.22. The molecule has 72 valence electrons. The van der Waals surface area contributed by atoms with Crippen molar-refractivity contribution in [2.24, 2.45) is 0 Å². The highest BCUT2D eigenvalue weighted by Gasteiger charge is 2.01. The minimum Gasteiger partial charge on any atom is -0.493 e. The van der Waals surface area contributed by atoms with Gasteiger partial charge in [-0.1, -0.05) is 22.9 Å². The molecule has 1 rings (SSSR count). The van der Waals surface area contributed by atoms with Crippen LogP contribution >= 0.6 is 15.9 Å². The van der Waals surface area contributed by atoms with Crippen LogP contribution in [0.1, 0.15) is 24.6 Å². The highest BCUT2D eigenvalue weighted by molar-refractivity contribution is 9.08. The first-order chi connectivity index (χ1) is 6.27. The van der Waals surface area contributed by atoms with E-state index in [0.29, 0.717) is 0 Å². The summed E-state index contributed by atoms with van der Waals surface area (Å²) < 4.78 is 5.57. The van der Waals surface area contributed by atoms with Gasteiger partial charge in [-0.05, 0) is 13.3 Å². The number of rotatable bonds is 4. The van der Waals surface area contributed by atoms with Gasteiger partial charge >= 0.3 is 0 Å². The summed E-state index contributed by atoms with van der Waals surface area (Å²) >= 11 is 3.37. The summed E-state index contributed by atoms with van der Waals surface area (Å²) in [6, 6.07) is 1.99. The van der Waals surface area contributed by atoms with Gasteiger partial charge < -0.3 is 4.74 Å². The molecular formula is C10H14BrNO. The van der Waals surface area contributed by atoms with Crippen LogP contribution in [0, 0.1) is 6.92 Å². The number of nitrogens with zero attached hydrogens (tertiary/aromatic N) is 1. The number of hydrogen-bond acceptors (Lipinski definition) is 2. The Morgan fingerprint density at radius 3 is 2.92 bits per heavy atom. The lowest BCUT2D eigenvalue weighted by Gasteiger charge is -2.08. The van der Waals surface area contributed by atoms with Crippen LogP contribution in [0.2, 0.25) is 0 Å². The maximum Gasteiger partial charge on any atom is 0.125 e. The molecule has 0 saturated heterocycles. The van der Waals surface area contributed by atoms with Crippen molar-refractivity contribution in [2.75, 3.05) is 6.61 Å². The van der Waals surface area contributed by atoms with Crippen LogP contribution in [0.5, 0.6) is 5.75 Å². The van der Waals surface area contributed by atoms with E-state index in [4.69, 9.17) is 4.74 Å². The molecule has 1 heterocycles. The monoisotopic (exact) mass is 243 g/mol. The molecule has 2 nitrogen and oxygen atoms in total. The largest absolute Gasteiger partial charge is 0.493 e. The predicted molar refractivity (Wildman–Crippen MR) is 57.4 cm³/mol. The lowest BCUT2D eigenvalue weighted by Crippen LogP contribution is -1.98. The van der Waals surface area contributed by atoms with Crippen LogP contribution in [0.25, 0.3) is 0 Å². The van der Waals surface area contributed by atoms with Gasteiger partial charge in [0.1, 0.15) is 5.75 Å². The van der Waals surface area contributed by atoms with Gasteiger partial charge in [-0.2, -0.15) is 0 Å². The fraction of sp³-hybridized carbons (Fsp3) is 0.500. The van der Waals surface area contributed by atoms with E-state index in [2.05, 4.69) is 27.8 Å². The Labute approximate surface area is 87.5 Å². The molecule has 0 aliphatic rings. The zero-order chi connectivity index (χ0) is 9.68. The average molecular weight is 244 g/mol. The number of alkyl halides is 1. The van der Waals surface area contributed by atoms with E-state index < -0.39 is 0 Å². The molecule has 3 heteroatoms. The standard InChI is InChI=1S/C10H14BrNO/c1-3-4-13-10-5-9(6-11)12-7-8(10)2/h5,7H,3-4,6H2,1-2H3. The highest BCUT2D eigenvalue weighted by Crippen LogP contribution is 2.18. The smallest absolute Gasteiger partial charge is 0.125 e. The van der Waals surface area contributed by atoms with Crippen molar-refractivity contribution < 1.29 is 4.74 Å². The Morgan fingerprint density at radius 1 is 1.54 bits per heavy atom. The third-order valence-electron chi connectivity index (χ3n) is 1.71. The summed E-state index contributed by atoms with van der Waals surface area (Å²) in [7, 11) is 0. The molecule has 0 spiro atoms. The molecule has 0 saturated carbocycles. The molecule has 0 radical (unpaired) electrons. The first-order valence-corrected chi connectivity index (χ1v) is 5.54. The summed E-state index contributed by atoms with van der Waals surface area (Å²) in [5, 5.41) is 0.774. The van der Waals surface area contributed by atoms with E-state index in [1.807, 2.05) is 19.2 Å². The van der Waals surface area contributed by atoms with Crippen molar-refractivity contribution in [3.8, 4) is 5.75 Å². The molecule has 0 bridgehead atoms. The van der Waals surface area contributed by atoms with Crippen LogP contribution in [-0.4, -0.2) is 11.6 Å². The predicted octanol–water partition coefficient (Wildman–Crippen LogP) is 3.07. The van der Waals surface area contributed by atoms with E-state index >= 15 is 0 Å². The van der Waals surface area contributed by atoms with Gasteiger partial charge in [0.15, 0.2) is 0 Å². The van der Waals surface area contributed by atoms with Crippen LogP contribution < -0.4 is 4.74 Å². The van der Waals surface area contributed by atoms with E-state index in [1.165, 1.54) is 0 Å². The Hall–Kier alpha value is -0.570. The van der Waals surface area contributed by atoms with E-state index in [9.17, 15) is 0 Å². The first kappa shape index (κ1) is 10.5. The van der Waals surface area contributed by atoms with Gasteiger partial charge in [-0.15, -0.1) is 0 Å². The SMILES string of the molecule is CCCOc1cc(CBr)ncc1C. The van der Waals surface area contributed by atoms with Crippen molar-refractivity contribution in [3.63, 3.8) is 0 Å². The average Bonchev–Trinajstić information content (AvgIpc) is 2.17. The molecule has 0 fully saturated rings. The molecule has 0 N–H and O–H groups in total. The third kappa shape index (κ3) is 2.99. The second kappa shape index (κ2) is 5.22. The fourth-order valence-electron chi connectivity index (χ4n) is 0.986. The zero-order valence-corrected chi connectivity index (χ0v) is 9.60. The van der Waals surface area contributed by atoms with Crippen molar-refractivity contribution in [2.45, 2.75) is 25.6 Å². The normalized spacial score (nSPS) is 10.1. The fourth-order valence-corrected chi connectivity index (χ4v) is 1.29. The van der Waals surface area contributed by atoms with E-state index in [-0.39, 0.29) is 0 Å². The van der Waals surface area contributed by atoms with Gasteiger partial charge in [0.2, 0.25) is 0 Å². The number of pyridine rings is 1. The highest BCUT2D eigenvalue weighted by atomic mass is 79.9. The van der Waals surface area contributed by atoms with Crippen molar-refractivity contribution in [1.29, 1.82) is 0 Å². The number of hydrogen-bond donors (Lipinski definition) is 0. The maximum absolute atomic E-state index is 5.57. The van der Waals surface area contributed by atoms with Crippen molar-refractivity contribution in [1.82, 2.24) is 4.98 Å². The molecule has 1 aromatic heterocycles. The van der Waals surface area contributed by atoms with Crippen molar-refractivity contribution in [3.05, 3.63) is 23.5 Å². The van der Waals surface area contributed by atoms with Crippen LogP contribution in [0.15, 0.2) is 12.3 Å². The zero-order valence-electron chi connectivity index (χ0n) is 8.01. The molecule has 0 unspecified atom stereocenters. The van der Waals surface area contributed by atoms with E-state index in [1.54, 1.807) is 0 Å². The number of aromatic nitrogens is 1. The quantitative estimate of drug-likeness (QED) is 0.759. The summed E-state index contributed by atoms with van der Waals surface area (Å²) in [5.74, 6) is 0.950. The molecule has 0 aliphatic carbocycles. The minimum absolute atomic E-state index is 0.770. The lowest BCUT2D eigenvalue weighted by atomic mass is 10.2. The number of halogens is 1. The summed E-state index contributed by atoms with van der Waals surface area (Å²) in [4.78, 5) is 4.24. The number of ether oxygens (including phenoxy) is 1. The number of aryl methyl sites for hydroxylation is 1. The van der Waals surface area contributed by atoms with Crippen molar-refractivity contribution >= 4 is 15.9 Å². The second-order valence-corrected chi connectivity index (χ2v) is 3.48. The van der Waals surface area contributed by atoms with Gasteiger partial charge in [-0.25, -0.2) is 0 Å². The summed E-state index contributed by atoms with van der Waals surface area (Å²) in [5.41, 5.74) is 2.11. The third-order valence-corrected chi connectivity index (χ3v) is 2.28. The van der Waals surface area contributed by atoms with Gasteiger partial charge in [0.05, 0.1) is 12.3 Å². The molecular weight excluding hydrogens is 230 g/mol. The molecule has 1 aromatic rings. The lowest BCUT2D eigenvalue weighted by molar-refractivity contribution is 0.314. The van der Waals surface area contributed by atoms with E-state index in [0.717, 1.165) is 35.4 Å². The molecule has 0 aliphatic heterocycles. The molecule has 0 aromatic carbocycles. The van der Waals surface area contributed by atoms with Crippen LogP contribution in [0.3, 0.4) is 0 Å². The topological polar surface area (TPSA) is 22.1 Å². The maximum atomic E-state index is 5.57. The van der Waals surface area contributed by atoms with Crippen LogP contribution in [-0.2, 0) is 5.33 Å². The summed E-state index contributed by atoms with van der Waals surface area (Å²) in [6.45, 7) is 4.88. The Balaban J connectivity index is 2.78. The second-order valence-electron chi connectivity index (χ2n) is 2.92. The summed E-state index contributed by atoms with van der Waals surface area (Å²) in [6.07, 6.45) is 2.88. The first-order valence-electron chi connectivity index (χ1n) is 4.42. The van der Waals surface area contributed by atoms with Gasteiger partial charge in [0.25, 0.3) is 0 Å². The van der Waals surface area contributed by atoms with Gasteiger partial charge in [-0.3, -0.25) is 4.98 Å². The Morgan fingerprint density at radius 2 is 2.31 bits per heavy atom. The molecule has 13 heavy (non-hydrogen) atoms. The van der Waals surface area contributed by atoms with Gasteiger partial charge in [0, 0.05) is 23.2 Å². The van der Waals surface area contributed by atoms with Crippen LogP contribution in [0.4, 0.5) is 0 Å². The Bertz CT molecular complexity index is 276. The molecule has 0 atom stereocenters. The molecule has 0 amide bonds.